The largest absolute Gasteiger partial charge is 0.338 e. The Balaban J connectivity index is 2.47. The molecule has 0 saturated carbocycles. The molecule has 1 aromatic heterocycles. The lowest BCUT2D eigenvalue weighted by Gasteiger charge is -2.27. The SMILES string of the molecule is CCCNC(CCc1nccn1C)CC(C)(C)C. The number of nitrogens with one attached hydrogen (secondary N) is 1. The van der Waals surface area contributed by atoms with Gasteiger partial charge in [-0.2, -0.15) is 0 Å². The van der Waals surface area contributed by atoms with Crippen LogP contribution in [-0.4, -0.2) is 22.1 Å². The van der Waals surface area contributed by atoms with E-state index in [2.05, 4.69) is 49.6 Å². The number of imidazole rings is 1. The molecule has 3 heteroatoms. The Morgan fingerprint density at radius 2 is 2.11 bits per heavy atom. The Labute approximate surface area is 112 Å². The first-order valence-corrected chi connectivity index (χ1v) is 7.12. The molecule has 0 aromatic carbocycles. The molecule has 0 amide bonds. The Morgan fingerprint density at radius 1 is 1.39 bits per heavy atom. The van der Waals surface area contributed by atoms with Gasteiger partial charge in [0, 0.05) is 31.9 Å². The zero-order valence-electron chi connectivity index (χ0n) is 12.7. The number of hydrogen-bond acceptors (Lipinski definition) is 2. The molecule has 1 aromatic rings. The first-order chi connectivity index (χ1) is 8.42. The molecule has 0 fully saturated rings. The van der Waals surface area contributed by atoms with Gasteiger partial charge in [-0.05, 0) is 31.2 Å². The second kappa shape index (κ2) is 6.93. The fourth-order valence-corrected chi connectivity index (χ4v) is 2.30. The van der Waals surface area contributed by atoms with Gasteiger partial charge in [0.05, 0.1) is 0 Å². The summed E-state index contributed by atoms with van der Waals surface area (Å²) >= 11 is 0. The number of rotatable bonds is 7. The van der Waals surface area contributed by atoms with Crippen LogP contribution in [-0.2, 0) is 13.5 Å². The van der Waals surface area contributed by atoms with Gasteiger partial charge in [0.15, 0.2) is 0 Å². The predicted octanol–water partition coefficient (Wildman–Crippen LogP) is 3.16. The molecule has 1 unspecified atom stereocenters. The Bertz CT molecular complexity index is 336. The third kappa shape index (κ3) is 5.67. The summed E-state index contributed by atoms with van der Waals surface area (Å²) in [6.45, 7) is 10.3. The highest BCUT2D eigenvalue weighted by atomic mass is 15.0. The second-order valence-electron chi connectivity index (χ2n) is 6.41. The van der Waals surface area contributed by atoms with Crippen LogP contribution in [0.2, 0.25) is 0 Å². The van der Waals surface area contributed by atoms with Gasteiger partial charge in [-0.3, -0.25) is 0 Å². The van der Waals surface area contributed by atoms with E-state index in [4.69, 9.17) is 0 Å². The van der Waals surface area contributed by atoms with Crippen molar-refractivity contribution in [3.05, 3.63) is 18.2 Å². The molecular formula is C15H29N3. The summed E-state index contributed by atoms with van der Waals surface area (Å²) in [6.07, 6.45) is 8.55. The zero-order valence-corrected chi connectivity index (χ0v) is 12.7. The number of hydrogen-bond donors (Lipinski definition) is 1. The maximum absolute atomic E-state index is 4.40. The van der Waals surface area contributed by atoms with Gasteiger partial charge in [-0.1, -0.05) is 27.7 Å². The van der Waals surface area contributed by atoms with E-state index in [9.17, 15) is 0 Å². The number of nitrogens with zero attached hydrogens (tertiary/aromatic N) is 2. The summed E-state index contributed by atoms with van der Waals surface area (Å²) in [5.41, 5.74) is 0.382. The molecule has 0 radical (unpaired) electrons. The van der Waals surface area contributed by atoms with Crippen molar-refractivity contribution in [3.8, 4) is 0 Å². The van der Waals surface area contributed by atoms with E-state index in [0.29, 0.717) is 11.5 Å². The molecule has 0 spiro atoms. The van der Waals surface area contributed by atoms with Crippen LogP contribution in [0.5, 0.6) is 0 Å². The molecule has 1 atom stereocenters. The highest BCUT2D eigenvalue weighted by Gasteiger charge is 2.18. The van der Waals surface area contributed by atoms with Gasteiger partial charge in [0.25, 0.3) is 0 Å². The van der Waals surface area contributed by atoms with Crippen molar-refractivity contribution < 1.29 is 0 Å². The van der Waals surface area contributed by atoms with Crippen LogP contribution in [0, 0.1) is 5.41 Å². The number of aryl methyl sites for hydroxylation is 2. The average molecular weight is 251 g/mol. The van der Waals surface area contributed by atoms with Gasteiger partial charge < -0.3 is 9.88 Å². The zero-order chi connectivity index (χ0) is 13.6. The maximum Gasteiger partial charge on any atom is 0.108 e. The summed E-state index contributed by atoms with van der Waals surface area (Å²) < 4.78 is 2.12. The molecule has 1 heterocycles. The summed E-state index contributed by atoms with van der Waals surface area (Å²) in [7, 11) is 2.07. The standard InChI is InChI=1S/C15H29N3/c1-6-9-16-13(12-15(2,3)4)7-8-14-17-10-11-18(14)5/h10-11,13,16H,6-9,12H2,1-5H3. The van der Waals surface area contributed by atoms with Crippen molar-refractivity contribution in [2.24, 2.45) is 12.5 Å². The second-order valence-corrected chi connectivity index (χ2v) is 6.41. The first-order valence-electron chi connectivity index (χ1n) is 7.12. The molecular weight excluding hydrogens is 222 g/mol. The minimum atomic E-state index is 0.382. The van der Waals surface area contributed by atoms with Crippen LogP contribution in [0.4, 0.5) is 0 Å². The van der Waals surface area contributed by atoms with Crippen LogP contribution in [0.1, 0.15) is 52.8 Å². The molecule has 104 valence electrons. The monoisotopic (exact) mass is 251 g/mol. The topological polar surface area (TPSA) is 29.9 Å². The van der Waals surface area contributed by atoms with E-state index in [1.54, 1.807) is 0 Å². The van der Waals surface area contributed by atoms with Crippen molar-refractivity contribution in [3.63, 3.8) is 0 Å². The van der Waals surface area contributed by atoms with Crippen LogP contribution in [0.3, 0.4) is 0 Å². The Hall–Kier alpha value is -0.830. The minimum absolute atomic E-state index is 0.382. The van der Waals surface area contributed by atoms with E-state index in [1.807, 2.05) is 12.4 Å². The molecule has 0 aliphatic carbocycles. The summed E-state index contributed by atoms with van der Waals surface area (Å²) in [6, 6.07) is 0.599. The van der Waals surface area contributed by atoms with Gasteiger partial charge >= 0.3 is 0 Å². The van der Waals surface area contributed by atoms with Crippen molar-refractivity contribution >= 4 is 0 Å². The third-order valence-corrected chi connectivity index (χ3v) is 3.18. The fourth-order valence-electron chi connectivity index (χ4n) is 2.30. The van der Waals surface area contributed by atoms with Gasteiger partial charge in [0.2, 0.25) is 0 Å². The highest BCUT2D eigenvalue weighted by molar-refractivity contribution is 4.92. The van der Waals surface area contributed by atoms with E-state index in [0.717, 1.165) is 13.0 Å². The molecule has 0 bridgehead atoms. The smallest absolute Gasteiger partial charge is 0.108 e. The minimum Gasteiger partial charge on any atom is -0.338 e. The van der Waals surface area contributed by atoms with E-state index >= 15 is 0 Å². The average Bonchev–Trinajstić information content (AvgIpc) is 2.66. The molecule has 0 aliphatic heterocycles. The van der Waals surface area contributed by atoms with E-state index < -0.39 is 0 Å². The van der Waals surface area contributed by atoms with E-state index in [1.165, 1.54) is 25.1 Å². The quantitative estimate of drug-likeness (QED) is 0.806. The highest BCUT2D eigenvalue weighted by Crippen LogP contribution is 2.22. The predicted molar refractivity (Wildman–Crippen MR) is 77.7 cm³/mol. The molecule has 0 saturated heterocycles. The van der Waals surface area contributed by atoms with Crippen molar-refractivity contribution in [2.45, 2.75) is 59.4 Å². The lowest BCUT2D eigenvalue weighted by Crippen LogP contribution is -2.34. The van der Waals surface area contributed by atoms with Crippen LogP contribution in [0.15, 0.2) is 12.4 Å². The Morgan fingerprint density at radius 3 is 2.61 bits per heavy atom. The first kappa shape index (κ1) is 15.2. The van der Waals surface area contributed by atoms with Crippen LogP contribution < -0.4 is 5.32 Å². The molecule has 1 rings (SSSR count). The third-order valence-electron chi connectivity index (χ3n) is 3.18. The van der Waals surface area contributed by atoms with Gasteiger partial charge in [-0.15, -0.1) is 0 Å². The lowest BCUT2D eigenvalue weighted by molar-refractivity contribution is 0.297. The normalized spacial score (nSPS) is 13.8. The fraction of sp³-hybridized carbons (Fsp3) is 0.800. The van der Waals surface area contributed by atoms with Crippen molar-refractivity contribution in [2.75, 3.05) is 6.54 Å². The molecule has 18 heavy (non-hydrogen) atoms. The van der Waals surface area contributed by atoms with Crippen LogP contribution in [0.25, 0.3) is 0 Å². The van der Waals surface area contributed by atoms with Crippen LogP contribution >= 0.6 is 0 Å². The number of aromatic nitrogens is 2. The lowest BCUT2D eigenvalue weighted by atomic mass is 9.86. The summed E-state index contributed by atoms with van der Waals surface area (Å²) in [4.78, 5) is 4.40. The molecule has 3 nitrogen and oxygen atoms in total. The molecule has 1 N–H and O–H groups in total. The van der Waals surface area contributed by atoms with E-state index in [-0.39, 0.29) is 0 Å². The Kier molecular flexibility index (Phi) is 5.86. The van der Waals surface area contributed by atoms with Crippen molar-refractivity contribution in [1.82, 2.24) is 14.9 Å². The van der Waals surface area contributed by atoms with Gasteiger partial charge in [0.1, 0.15) is 5.82 Å². The summed E-state index contributed by atoms with van der Waals surface area (Å²) in [5.74, 6) is 1.19. The molecule has 0 aliphatic rings. The van der Waals surface area contributed by atoms with Crippen molar-refractivity contribution in [1.29, 1.82) is 0 Å². The maximum atomic E-state index is 4.40. The van der Waals surface area contributed by atoms with Gasteiger partial charge in [-0.25, -0.2) is 4.98 Å². The summed E-state index contributed by atoms with van der Waals surface area (Å²) in [5, 5.41) is 3.67.